The summed E-state index contributed by atoms with van der Waals surface area (Å²) in [5.74, 6) is 0.651. The van der Waals surface area contributed by atoms with Crippen molar-refractivity contribution in [2.45, 2.75) is 13.3 Å². The lowest BCUT2D eigenvalue weighted by molar-refractivity contribution is -0.114. The van der Waals surface area contributed by atoms with Crippen LogP contribution < -0.4 is 10.5 Å². The fourth-order valence-electron chi connectivity index (χ4n) is 1.01. The number of ketones is 1. The van der Waals surface area contributed by atoms with E-state index in [1.165, 1.54) is 6.08 Å². The molecule has 0 aliphatic rings. The van der Waals surface area contributed by atoms with E-state index in [1.807, 2.05) is 0 Å². The molecule has 4 heteroatoms. The molecule has 0 saturated carbocycles. The summed E-state index contributed by atoms with van der Waals surface area (Å²) in [6.45, 7) is 1.80. The van der Waals surface area contributed by atoms with Gasteiger partial charge in [0.1, 0.15) is 5.75 Å². The molecule has 1 aromatic heterocycles. The van der Waals surface area contributed by atoms with Gasteiger partial charge >= 0.3 is 0 Å². The van der Waals surface area contributed by atoms with Crippen molar-refractivity contribution in [1.29, 1.82) is 0 Å². The van der Waals surface area contributed by atoms with Crippen molar-refractivity contribution in [3.8, 4) is 5.75 Å². The Balaban J connectivity index is 2.87. The predicted octanol–water partition coefficient (Wildman–Crippen LogP) is 1.66. The van der Waals surface area contributed by atoms with E-state index < -0.39 is 0 Å². The lowest BCUT2D eigenvalue weighted by Crippen LogP contribution is -1.95. The number of anilines is 1. The Hall–Kier alpha value is -1.84. The molecule has 15 heavy (non-hydrogen) atoms. The lowest BCUT2D eigenvalue weighted by atomic mass is 10.2. The third-order valence-electron chi connectivity index (χ3n) is 1.94. The van der Waals surface area contributed by atoms with Crippen molar-refractivity contribution in [3.63, 3.8) is 0 Å². The van der Waals surface area contributed by atoms with Crippen LogP contribution in [-0.2, 0) is 4.79 Å². The topological polar surface area (TPSA) is 65.2 Å². The van der Waals surface area contributed by atoms with Crippen LogP contribution in [0.15, 0.2) is 18.3 Å². The van der Waals surface area contributed by atoms with Gasteiger partial charge in [-0.1, -0.05) is 6.92 Å². The zero-order valence-corrected chi connectivity index (χ0v) is 8.86. The van der Waals surface area contributed by atoms with Gasteiger partial charge in [-0.15, -0.1) is 0 Å². The number of pyridine rings is 1. The van der Waals surface area contributed by atoms with E-state index in [0.29, 0.717) is 23.6 Å². The van der Waals surface area contributed by atoms with Gasteiger partial charge < -0.3 is 10.5 Å². The summed E-state index contributed by atoms with van der Waals surface area (Å²) in [5, 5.41) is 0. The minimum atomic E-state index is 0.0482. The Kier molecular flexibility index (Phi) is 3.85. The third-order valence-corrected chi connectivity index (χ3v) is 1.94. The lowest BCUT2D eigenvalue weighted by Gasteiger charge is -2.02. The molecule has 0 amide bonds. The highest BCUT2D eigenvalue weighted by atomic mass is 16.5. The highest BCUT2D eigenvalue weighted by Crippen LogP contribution is 2.17. The number of allylic oxidation sites excluding steroid dienone is 1. The molecular weight excluding hydrogens is 192 g/mol. The molecule has 0 radical (unpaired) electrons. The average molecular weight is 206 g/mol. The van der Waals surface area contributed by atoms with E-state index in [4.69, 9.17) is 10.5 Å². The molecular formula is C11H14N2O2. The van der Waals surface area contributed by atoms with Crippen LogP contribution in [0.3, 0.4) is 0 Å². The van der Waals surface area contributed by atoms with E-state index in [1.54, 1.807) is 32.4 Å². The SMILES string of the molecule is CCC(=O)/C=C/c1ncc(OC)cc1N. The number of nitrogens with two attached hydrogens (primary N) is 1. The molecule has 0 bridgehead atoms. The quantitative estimate of drug-likeness (QED) is 0.761. The van der Waals surface area contributed by atoms with Crippen LogP contribution in [0.4, 0.5) is 5.69 Å². The zero-order chi connectivity index (χ0) is 11.3. The van der Waals surface area contributed by atoms with Crippen molar-refractivity contribution < 1.29 is 9.53 Å². The van der Waals surface area contributed by atoms with Crippen LogP contribution in [0.1, 0.15) is 19.0 Å². The maximum Gasteiger partial charge on any atom is 0.155 e. The maximum absolute atomic E-state index is 11.0. The van der Waals surface area contributed by atoms with Gasteiger partial charge in [0.25, 0.3) is 0 Å². The van der Waals surface area contributed by atoms with Crippen LogP contribution >= 0.6 is 0 Å². The monoisotopic (exact) mass is 206 g/mol. The molecule has 0 atom stereocenters. The number of nitrogen functional groups attached to an aromatic ring is 1. The van der Waals surface area contributed by atoms with E-state index >= 15 is 0 Å². The first-order chi connectivity index (χ1) is 7.17. The number of rotatable bonds is 4. The van der Waals surface area contributed by atoms with Gasteiger partial charge in [-0.2, -0.15) is 0 Å². The van der Waals surface area contributed by atoms with Crippen molar-refractivity contribution in [2.24, 2.45) is 0 Å². The average Bonchev–Trinajstić information content (AvgIpc) is 2.26. The molecule has 0 unspecified atom stereocenters. The zero-order valence-electron chi connectivity index (χ0n) is 8.86. The molecule has 0 fully saturated rings. The predicted molar refractivity (Wildman–Crippen MR) is 59.5 cm³/mol. The molecule has 2 N–H and O–H groups in total. The van der Waals surface area contributed by atoms with Gasteiger partial charge in [0.2, 0.25) is 0 Å². The van der Waals surface area contributed by atoms with Crippen LogP contribution in [0, 0.1) is 0 Å². The fourth-order valence-corrected chi connectivity index (χ4v) is 1.01. The second-order valence-electron chi connectivity index (χ2n) is 3.00. The Morgan fingerprint density at radius 3 is 2.93 bits per heavy atom. The molecule has 1 aromatic rings. The molecule has 1 heterocycles. The minimum absolute atomic E-state index is 0.0482. The first-order valence-corrected chi connectivity index (χ1v) is 4.67. The number of hydrogen-bond donors (Lipinski definition) is 1. The molecule has 0 aromatic carbocycles. The number of carbonyl (C=O) groups is 1. The molecule has 0 aliphatic carbocycles. The summed E-state index contributed by atoms with van der Waals surface area (Å²) in [6, 6.07) is 1.67. The molecule has 0 aliphatic heterocycles. The van der Waals surface area contributed by atoms with Crippen LogP contribution in [0.5, 0.6) is 5.75 Å². The van der Waals surface area contributed by atoms with Crippen molar-refractivity contribution >= 4 is 17.5 Å². The Bertz CT molecular complexity index is 386. The van der Waals surface area contributed by atoms with Crippen molar-refractivity contribution in [2.75, 3.05) is 12.8 Å². The van der Waals surface area contributed by atoms with Crippen LogP contribution in [0.25, 0.3) is 6.08 Å². The number of aromatic nitrogens is 1. The second kappa shape index (κ2) is 5.14. The fraction of sp³-hybridized carbons (Fsp3) is 0.273. The minimum Gasteiger partial charge on any atom is -0.495 e. The summed E-state index contributed by atoms with van der Waals surface area (Å²) in [4.78, 5) is 15.1. The van der Waals surface area contributed by atoms with Gasteiger partial charge in [0, 0.05) is 12.5 Å². The summed E-state index contributed by atoms with van der Waals surface area (Å²) in [7, 11) is 1.55. The Morgan fingerprint density at radius 1 is 1.67 bits per heavy atom. The van der Waals surface area contributed by atoms with Gasteiger partial charge in [-0.3, -0.25) is 9.78 Å². The molecule has 1 rings (SSSR count). The highest BCUT2D eigenvalue weighted by molar-refractivity contribution is 5.93. The van der Waals surface area contributed by atoms with Crippen LogP contribution in [-0.4, -0.2) is 17.9 Å². The van der Waals surface area contributed by atoms with Crippen molar-refractivity contribution in [3.05, 3.63) is 24.0 Å². The van der Waals surface area contributed by atoms with E-state index in [9.17, 15) is 4.79 Å². The van der Waals surface area contributed by atoms with E-state index in [-0.39, 0.29) is 5.78 Å². The second-order valence-corrected chi connectivity index (χ2v) is 3.00. The Morgan fingerprint density at radius 2 is 2.40 bits per heavy atom. The van der Waals surface area contributed by atoms with Gasteiger partial charge in [0.05, 0.1) is 24.7 Å². The molecule has 0 saturated heterocycles. The number of hydrogen-bond acceptors (Lipinski definition) is 4. The third kappa shape index (κ3) is 3.09. The normalized spacial score (nSPS) is 10.5. The smallest absolute Gasteiger partial charge is 0.155 e. The largest absolute Gasteiger partial charge is 0.495 e. The summed E-state index contributed by atoms with van der Waals surface area (Å²) in [5.41, 5.74) is 6.80. The van der Waals surface area contributed by atoms with Gasteiger partial charge in [0.15, 0.2) is 5.78 Å². The Labute approximate surface area is 88.8 Å². The summed E-state index contributed by atoms with van der Waals surface area (Å²) in [6.07, 6.45) is 5.13. The maximum atomic E-state index is 11.0. The van der Waals surface area contributed by atoms with Gasteiger partial charge in [-0.25, -0.2) is 0 Å². The number of methoxy groups -OCH3 is 1. The highest BCUT2D eigenvalue weighted by Gasteiger charge is 2.00. The first kappa shape index (κ1) is 11.2. The molecule has 80 valence electrons. The first-order valence-electron chi connectivity index (χ1n) is 4.67. The molecule has 4 nitrogen and oxygen atoms in total. The van der Waals surface area contributed by atoms with E-state index in [2.05, 4.69) is 4.98 Å². The summed E-state index contributed by atoms with van der Waals surface area (Å²) < 4.78 is 4.96. The number of carbonyl (C=O) groups excluding carboxylic acids is 1. The van der Waals surface area contributed by atoms with Gasteiger partial charge in [-0.05, 0) is 12.2 Å². The standard InChI is InChI=1S/C11H14N2O2/c1-3-8(14)4-5-11-10(12)6-9(15-2)7-13-11/h4-7H,3,12H2,1-2H3/b5-4+. The van der Waals surface area contributed by atoms with Crippen molar-refractivity contribution in [1.82, 2.24) is 4.98 Å². The number of ether oxygens (including phenoxy) is 1. The number of nitrogens with zero attached hydrogens (tertiary/aromatic N) is 1. The molecule has 0 spiro atoms. The summed E-state index contributed by atoms with van der Waals surface area (Å²) >= 11 is 0. The van der Waals surface area contributed by atoms with E-state index in [0.717, 1.165) is 0 Å². The van der Waals surface area contributed by atoms with Crippen LogP contribution in [0.2, 0.25) is 0 Å².